The lowest BCUT2D eigenvalue weighted by Gasteiger charge is -2.36. The maximum absolute atomic E-state index is 11.5. The lowest BCUT2D eigenvalue weighted by molar-refractivity contribution is -0.0475. The largest absolute Gasteiger partial charge is 0.390 e. The summed E-state index contributed by atoms with van der Waals surface area (Å²) in [5.74, 6) is 2.25. The predicted octanol–water partition coefficient (Wildman–Crippen LogP) is 8.99. The molecule has 0 amide bonds. The third-order valence-corrected chi connectivity index (χ3v) is 5.40. The van der Waals surface area contributed by atoms with Crippen LogP contribution in [-0.4, -0.2) is 88.1 Å². The summed E-state index contributed by atoms with van der Waals surface area (Å²) in [7, 11) is 0. The van der Waals surface area contributed by atoms with Crippen molar-refractivity contribution in [2.45, 2.75) is 156 Å². The summed E-state index contributed by atoms with van der Waals surface area (Å²) < 4.78 is 23.0. The van der Waals surface area contributed by atoms with Gasteiger partial charge in [-0.25, -0.2) is 15.4 Å². The molecule has 5 aliphatic heterocycles. The lowest BCUT2D eigenvalue weighted by Crippen LogP contribution is -2.52. The van der Waals surface area contributed by atoms with Crippen molar-refractivity contribution in [3.8, 4) is 0 Å². The van der Waals surface area contributed by atoms with E-state index in [4.69, 9.17) is 6.57 Å². The monoisotopic (exact) mass is 723 g/mol. The van der Waals surface area contributed by atoms with Gasteiger partial charge in [-0.15, -0.1) is 0 Å². The van der Waals surface area contributed by atoms with Crippen molar-refractivity contribution in [1.82, 2.24) is 26.6 Å². The number of aliphatic hydroxyl groups is 1. The molecule has 5 saturated heterocycles. The van der Waals surface area contributed by atoms with Crippen molar-refractivity contribution < 1.29 is 13.9 Å². The van der Waals surface area contributed by atoms with Gasteiger partial charge in [0.2, 0.25) is 6.04 Å². The Morgan fingerprint density at radius 3 is 0.800 bits per heavy atom. The quantitative estimate of drug-likeness (QED) is 0.152. The van der Waals surface area contributed by atoms with Crippen LogP contribution >= 0.6 is 0 Å². The first-order valence-electron chi connectivity index (χ1n) is 19.6. The highest BCUT2D eigenvalue weighted by Crippen LogP contribution is 2.19. The molecule has 0 unspecified atom stereocenters. The van der Waals surface area contributed by atoms with Crippen LogP contribution in [0.5, 0.6) is 0 Å². The van der Waals surface area contributed by atoms with E-state index in [-0.39, 0.29) is 13.1 Å². The van der Waals surface area contributed by atoms with Crippen LogP contribution in [0.2, 0.25) is 0 Å². The van der Waals surface area contributed by atoms with E-state index in [9.17, 15) is 13.9 Å². The van der Waals surface area contributed by atoms with E-state index in [2.05, 4.69) is 149 Å². The second-order valence-electron chi connectivity index (χ2n) is 18.4. The molecule has 0 saturated carbocycles. The molecule has 5 heterocycles. The Morgan fingerprint density at radius 2 is 0.800 bits per heavy atom. The first kappa shape index (κ1) is 58.4. The maximum atomic E-state index is 11.5. The number of halogens is 2. The minimum absolute atomic E-state index is 0.132. The van der Waals surface area contributed by atoms with Gasteiger partial charge in [-0.3, -0.25) is 0 Å². The number of hydrogen-bond donors (Lipinski definition) is 6. The fourth-order valence-corrected chi connectivity index (χ4v) is 2.27. The van der Waals surface area contributed by atoms with Crippen LogP contribution in [-0.2, 0) is 0 Å². The Hall–Kier alpha value is -0.890. The summed E-state index contributed by atoms with van der Waals surface area (Å²) in [5.41, 5.74) is 0.144. The predicted molar refractivity (Wildman–Crippen MR) is 220 cm³/mol. The molecule has 6 N–H and O–H groups in total. The SMILES string of the molecule is C1CNC1.CC(C)(O)C1CNC1.CC(C)C.CC(C)C.CC(C)C.CC(C)C.CC(C)C.CC1(C)CNC1.FC1(F)CNC1.[C-]#[N+]C1CNC1. The molecular formula is C41H92F2N6O. The first-order chi connectivity index (χ1) is 22.6. The Bertz CT molecular complexity index is 637. The second kappa shape index (κ2) is 35.2. The van der Waals surface area contributed by atoms with Gasteiger partial charge < -0.3 is 36.5 Å². The molecule has 5 rings (SSSR count). The summed E-state index contributed by atoms with van der Waals surface area (Å²) in [6, 6.07) is 0.296. The number of alkyl halides is 2. The average molecular weight is 723 g/mol. The van der Waals surface area contributed by atoms with Crippen molar-refractivity contribution in [1.29, 1.82) is 0 Å². The molecule has 9 heteroatoms. The number of nitrogens with zero attached hydrogens (tertiary/aromatic N) is 1. The molecule has 0 atom stereocenters. The van der Waals surface area contributed by atoms with Gasteiger partial charge in [0.1, 0.15) is 0 Å². The van der Waals surface area contributed by atoms with Gasteiger partial charge in [-0.1, -0.05) is 118 Å². The molecule has 0 aliphatic carbocycles. The van der Waals surface area contributed by atoms with Gasteiger partial charge in [0, 0.05) is 32.1 Å². The Labute approximate surface area is 313 Å². The molecule has 5 fully saturated rings. The molecule has 50 heavy (non-hydrogen) atoms. The molecule has 0 spiro atoms. The van der Waals surface area contributed by atoms with Gasteiger partial charge in [0.25, 0.3) is 5.92 Å². The third-order valence-electron chi connectivity index (χ3n) is 5.40. The van der Waals surface area contributed by atoms with E-state index in [1.165, 1.54) is 32.6 Å². The zero-order chi connectivity index (χ0) is 40.6. The average Bonchev–Trinajstić information content (AvgIpc) is 2.72. The summed E-state index contributed by atoms with van der Waals surface area (Å²) >= 11 is 0. The van der Waals surface area contributed by atoms with Crippen LogP contribution in [0.4, 0.5) is 8.78 Å². The summed E-state index contributed by atoms with van der Waals surface area (Å²) in [6.07, 6.45) is 1.39. The normalized spacial score (nSPS) is 18.8. The minimum atomic E-state index is -2.39. The summed E-state index contributed by atoms with van der Waals surface area (Å²) in [5, 5.41) is 24.2. The van der Waals surface area contributed by atoms with E-state index in [1.807, 2.05) is 13.8 Å². The van der Waals surface area contributed by atoms with E-state index < -0.39 is 11.5 Å². The Balaban J connectivity index is -0.000000152. The van der Waals surface area contributed by atoms with E-state index in [0.717, 1.165) is 55.8 Å². The van der Waals surface area contributed by atoms with Crippen LogP contribution in [0.15, 0.2) is 0 Å². The van der Waals surface area contributed by atoms with Crippen molar-refractivity contribution in [3.63, 3.8) is 0 Å². The topological polar surface area (TPSA) is 84.7 Å². The Kier molecular flexibility index (Phi) is 41.1. The van der Waals surface area contributed by atoms with Crippen LogP contribution in [0.3, 0.4) is 0 Å². The van der Waals surface area contributed by atoms with Gasteiger partial charge in [0.05, 0.1) is 31.8 Å². The zero-order valence-corrected chi connectivity index (χ0v) is 37.0. The highest BCUT2D eigenvalue weighted by molar-refractivity contribution is 4.90. The molecule has 0 radical (unpaired) electrons. The van der Waals surface area contributed by atoms with Crippen LogP contribution in [0, 0.1) is 47.5 Å². The molecule has 0 aromatic rings. The summed E-state index contributed by atoms with van der Waals surface area (Å²) in [4.78, 5) is 3.28. The van der Waals surface area contributed by atoms with Crippen LogP contribution in [0.25, 0.3) is 4.85 Å². The smallest absolute Gasteiger partial charge is 0.272 e. The minimum Gasteiger partial charge on any atom is -0.390 e. The van der Waals surface area contributed by atoms with Gasteiger partial charge >= 0.3 is 0 Å². The molecule has 0 aromatic carbocycles. The fraction of sp³-hybridized carbons (Fsp3) is 0.976. The molecule has 306 valence electrons. The standard InChI is InChI=1S/C6H13NO.C5H11N.C4H6N2.5C4H10.C3H5F2N.C3H7N/c1-6(2,8)5-3-7-4-5;1-5(2)3-6-4-5;1-5-4-2-6-3-4;5*1-4(2)3;4-3(5)1-6-2-3;1-2-4-3-1/h5,7-8H,3-4H2,1-2H3;6H,3-4H2,1-2H3;4,6H,2-3H2;5*4H,1-3H3;6H,1-2H2;4H,1-3H2. The number of hydrogen-bond acceptors (Lipinski definition) is 6. The van der Waals surface area contributed by atoms with Crippen molar-refractivity contribution in [3.05, 3.63) is 11.4 Å². The molecule has 7 nitrogen and oxygen atoms in total. The van der Waals surface area contributed by atoms with E-state index >= 15 is 0 Å². The molecular weight excluding hydrogens is 630 g/mol. The van der Waals surface area contributed by atoms with E-state index in [0.29, 0.717) is 17.4 Å². The van der Waals surface area contributed by atoms with Crippen LogP contribution in [0.1, 0.15) is 138 Å². The van der Waals surface area contributed by atoms with Crippen molar-refractivity contribution in [2.24, 2.45) is 40.9 Å². The molecule has 0 bridgehead atoms. The highest BCUT2D eigenvalue weighted by Gasteiger charge is 2.36. The maximum Gasteiger partial charge on any atom is 0.272 e. The van der Waals surface area contributed by atoms with Crippen molar-refractivity contribution >= 4 is 0 Å². The van der Waals surface area contributed by atoms with Crippen LogP contribution < -0.4 is 26.6 Å². The van der Waals surface area contributed by atoms with Gasteiger partial charge in [-0.2, -0.15) is 0 Å². The highest BCUT2D eigenvalue weighted by atomic mass is 19.3. The third kappa shape index (κ3) is 65.5. The Morgan fingerprint density at radius 1 is 0.580 bits per heavy atom. The zero-order valence-electron chi connectivity index (χ0n) is 37.0. The lowest BCUT2D eigenvalue weighted by atomic mass is 9.86. The van der Waals surface area contributed by atoms with Gasteiger partial charge in [-0.05, 0) is 68.4 Å². The van der Waals surface area contributed by atoms with Crippen molar-refractivity contribution in [2.75, 3.05) is 65.4 Å². The number of nitrogens with one attached hydrogen (secondary N) is 5. The fourth-order valence-electron chi connectivity index (χ4n) is 2.27. The molecule has 5 aliphatic rings. The summed E-state index contributed by atoms with van der Waals surface area (Å²) in [6.45, 7) is 55.6. The second-order valence-corrected chi connectivity index (χ2v) is 18.4. The molecule has 0 aromatic heterocycles. The van der Waals surface area contributed by atoms with Gasteiger partial charge in [0.15, 0.2) is 0 Å². The first-order valence-corrected chi connectivity index (χ1v) is 19.6. The number of rotatable bonds is 1. The van der Waals surface area contributed by atoms with E-state index in [1.54, 1.807) is 0 Å².